The van der Waals surface area contributed by atoms with Crippen LogP contribution in [0.25, 0.3) is 0 Å². The smallest absolute Gasteiger partial charge is 0.305 e. The Morgan fingerprint density at radius 2 is 1.28 bits per heavy atom. The van der Waals surface area contributed by atoms with Crippen molar-refractivity contribution in [1.29, 1.82) is 0 Å². The molecule has 0 atom stereocenters. The molecule has 0 bridgehead atoms. The van der Waals surface area contributed by atoms with Crippen molar-refractivity contribution in [2.75, 3.05) is 22.6 Å². The van der Waals surface area contributed by atoms with Crippen LogP contribution in [0.4, 0.5) is 0 Å². The normalized spacial score (nSPS) is 12.3. The molecule has 1 N–H and O–H groups in total. The maximum atomic E-state index is 10.6. The summed E-state index contributed by atoms with van der Waals surface area (Å²) in [6.45, 7) is 21.9. The summed E-state index contributed by atoms with van der Waals surface area (Å²) < 4.78 is 11.1. The molecule has 4 nitrogen and oxygen atoms in total. The average molecular weight is 671 g/mol. The van der Waals surface area contributed by atoms with Gasteiger partial charge >= 0.3 is 5.97 Å². The predicted octanol–water partition coefficient (Wildman–Crippen LogP) is 8.62. The number of carbonyl (C=O) groups is 1. The number of hydrogen-bond donors (Lipinski definition) is 1. The molecule has 0 spiro atoms. The fourth-order valence-electron chi connectivity index (χ4n) is 2.33. The van der Waals surface area contributed by atoms with Gasteiger partial charge < -0.3 is 14.3 Å². The zero-order chi connectivity index (χ0) is 26.1. The summed E-state index contributed by atoms with van der Waals surface area (Å²) in [6, 6.07) is 0. The van der Waals surface area contributed by atoms with Crippen LogP contribution in [0.2, 0.25) is 18.1 Å². The average Bonchev–Trinajstić information content (AvgIpc) is 2.62. The lowest BCUT2D eigenvalue weighted by Gasteiger charge is -2.42. The third-order valence-corrected chi connectivity index (χ3v) is 11.3. The first-order valence-electron chi connectivity index (χ1n) is 11.6. The van der Waals surface area contributed by atoms with E-state index in [2.05, 4.69) is 100 Å². The summed E-state index contributed by atoms with van der Waals surface area (Å²) in [7, 11) is -1.61. The van der Waals surface area contributed by atoms with Crippen molar-refractivity contribution in [1.82, 2.24) is 0 Å². The van der Waals surface area contributed by atoms with Crippen molar-refractivity contribution in [3.8, 4) is 0 Å². The van der Waals surface area contributed by atoms with Gasteiger partial charge in [-0.3, -0.25) is 4.79 Å². The van der Waals surface area contributed by atoms with Gasteiger partial charge in [0.05, 0.1) is 17.8 Å². The van der Waals surface area contributed by atoms with Gasteiger partial charge in [-0.25, -0.2) is 0 Å². The molecule has 0 heterocycles. The maximum absolute atomic E-state index is 10.6. The van der Waals surface area contributed by atoms with E-state index in [0.29, 0.717) is 18.1 Å². The first-order chi connectivity index (χ1) is 14.4. The third-order valence-electron chi connectivity index (χ3n) is 4.99. The molecule has 0 aromatic carbocycles. The molecule has 0 saturated heterocycles. The van der Waals surface area contributed by atoms with Gasteiger partial charge in [-0.05, 0) is 84.9 Å². The van der Waals surface area contributed by atoms with Gasteiger partial charge in [0.2, 0.25) is 0 Å². The molecule has 0 aliphatic heterocycles. The van der Waals surface area contributed by atoms with E-state index < -0.39 is 13.9 Å². The summed E-state index contributed by atoms with van der Waals surface area (Å²) in [4.78, 5) is 10.6. The molecule has 0 aromatic heterocycles. The summed E-state index contributed by atoms with van der Waals surface area (Å²) in [5, 5.41) is 12.3. The van der Waals surface area contributed by atoms with Gasteiger partial charge in [-0.2, -0.15) is 0 Å². The lowest BCUT2D eigenvalue weighted by Crippen LogP contribution is -2.47. The summed E-state index contributed by atoms with van der Waals surface area (Å²) >= 11 is 9.99. The first kappa shape index (κ1) is 37.6. The number of alkyl halides is 3. The Hall–Kier alpha value is 1.05. The second-order valence-electron chi connectivity index (χ2n) is 10.6. The number of carbonyl (C=O) groups excluding carboxylic acids is 1. The number of rotatable bonds is 12. The van der Waals surface area contributed by atoms with Gasteiger partial charge in [0.25, 0.3) is 0 Å². The van der Waals surface area contributed by atoms with E-state index >= 15 is 0 Å². The van der Waals surface area contributed by atoms with Crippen LogP contribution in [-0.2, 0) is 14.0 Å². The second-order valence-corrected chi connectivity index (χ2v) is 17.7. The van der Waals surface area contributed by atoms with E-state index in [1.165, 1.54) is 6.42 Å². The Morgan fingerprint density at radius 1 is 0.844 bits per heavy atom. The van der Waals surface area contributed by atoms with Crippen molar-refractivity contribution in [3.05, 3.63) is 0 Å². The van der Waals surface area contributed by atoms with E-state index in [0.717, 1.165) is 41.7 Å². The number of ether oxygens (including phenoxy) is 1. The van der Waals surface area contributed by atoms with E-state index in [1.54, 1.807) is 0 Å². The molecule has 32 heavy (non-hydrogen) atoms. The van der Waals surface area contributed by atoms with Gasteiger partial charge in [0.1, 0.15) is 0 Å². The van der Waals surface area contributed by atoms with E-state index in [-0.39, 0.29) is 11.6 Å². The van der Waals surface area contributed by atoms with Crippen LogP contribution in [0.3, 0.4) is 0 Å². The van der Waals surface area contributed by atoms with E-state index in [9.17, 15) is 4.79 Å². The highest BCUT2D eigenvalue weighted by molar-refractivity contribution is 9.09. The van der Waals surface area contributed by atoms with Crippen LogP contribution in [0.15, 0.2) is 0 Å². The Bertz CT molecular complexity index is 459. The van der Waals surface area contributed by atoms with Gasteiger partial charge in [-0.1, -0.05) is 68.6 Å². The van der Waals surface area contributed by atoms with Crippen molar-refractivity contribution in [3.63, 3.8) is 0 Å². The van der Waals surface area contributed by atoms with Crippen molar-refractivity contribution >= 4 is 62.1 Å². The predicted molar refractivity (Wildman–Crippen MR) is 154 cm³/mol. The van der Waals surface area contributed by atoms with Crippen LogP contribution in [0, 0.1) is 0 Å². The first-order valence-corrected chi connectivity index (χ1v) is 17.9. The molecule has 0 saturated carbocycles. The molecule has 0 aromatic rings. The van der Waals surface area contributed by atoms with Crippen molar-refractivity contribution < 1.29 is 19.1 Å². The number of esters is 1. The van der Waals surface area contributed by atoms with E-state index in [1.807, 2.05) is 20.8 Å². The van der Waals surface area contributed by atoms with Crippen LogP contribution in [0.1, 0.15) is 93.9 Å². The Labute approximate surface area is 225 Å². The maximum Gasteiger partial charge on any atom is 0.305 e. The minimum Gasteiger partial charge on any atom is -0.466 e. The highest BCUT2D eigenvalue weighted by Crippen LogP contribution is 2.39. The van der Waals surface area contributed by atoms with Crippen molar-refractivity contribution in [2.45, 2.75) is 123 Å². The SMILES string of the molecule is CC(C)(CCCBr)O[Si](C)(C)C(C)(C)C.CC(C)(O)CCCBr.CCOC(=O)CCCBr. The highest BCUT2D eigenvalue weighted by atomic mass is 79.9. The minimum absolute atomic E-state index is 0.0246. The van der Waals surface area contributed by atoms with Crippen LogP contribution in [0.5, 0.6) is 0 Å². The minimum atomic E-state index is -1.61. The molecule has 8 heteroatoms. The van der Waals surface area contributed by atoms with Gasteiger partial charge in [-0.15, -0.1) is 0 Å². The van der Waals surface area contributed by atoms with Crippen LogP contribution < -0.4 is 0 Å². The molecule has 0 unspecified atom stereocenters. The molecule has 0 aliphatic rings. The zero-order valence-electron chi connectivity index (χ0n) is 22.4. The van der Waals surface area contributed by atoms with E-state index in [4.69, 9.17) is 9.53 Å². The molecule has 0 amide bonds. The molecule has 0 fully saturated rings. The lowest BCUT2D eigenvalue weighted by atomic mass is 10.0. The summed E-state index contributed by atoms with van der Waals surface area (Å²) in [5.74, 6) is -0.100. The Kier molecular flexibility index (Phi) is 22.6. The number of aliphatic hydroxyl groups is 1. The molecule has 196 valence electrons. The highest BCUT2D eigenvalue weighted by Gasteiger charge is 2.41. The molecular formula is C24H51Br3O4Si. The van der Waals surface area contributed by atoms with Crippen LogP contribution in [-0.4, -0.2) is 53.2 Å². The quantitative estimate of drug-likeness (QED) is 0.128. The summed E-state index contributed by atoms with van der Waals surface area (Å²) in [6.07, 6.45) is 5.62. The third kappa shape index (κ3) is 25.7. The topological polar surface area (TPSA) is 55.8 Å². The fraction of sp³-hybridized carbons (Fsp3) is 0.958. The van der Waals surface area contributed by atoms with Crippen molar-refractivity contribution in [2.24, 2.45) is 0 Å². The number of halogens is 3. The largest absolute Gasteiger partial charge is 0.466 e. The van der Waals surface area contributed by atoms with Crippen LogP contribution >= 0.6 is 47.8 Å². The fourth-order valence-corrected chi connectivity index (χ4v) is 4.96. The lowest BCUT2D eigenvalue weighted by molar-refractivity contribution is -0.143. The molecule has 0 rings (SSSR count). The molecular weight excluding hydrogens is 620 g/mol. The monoisotopic (exact) mass is 668 g/mol. The standard InChI is InChI=1S/C12H27BrOSi.C6H11BrO2.C6H13BrO/c1-11(2,3)15(6,7)14-12(4,5)9-8-10-13;1-2-9-6(8)4-3-5-7;1-6(2,8)4-3-5-7/h8-10H2,1-7H3;2-5H2,1H3;8H,3-5H2,1-2H3. The Morgan fingerprint density at radius 3 is 1.59 bits per heavy atom. The second kappa shape index (κ2) is 19.3. The van der Waals surface area contributed by atoms with Gasteiger partial charge in [0.15, 0.2) is 8.32 Å². The zero-order valence-corrected chi connectivity index (χ0v) is 28.1. The molecule has 0 radical (unpaired) electrons. The Balaban J connectivity index is -0.000000424. The molecule has 0 aliphatic carbocycles. The van der Waals surface area contributed by atoms with Gasteiger partial charge in [0, 0.05) is 22.4 Å². The summed E-state index contributed by atoms with van der Waals surface area (Å²) in [5.41, 5.74) is -0.454. The number of hydrogen-bond acceptors (Lipinski definition) is 4.